The third kappa shape index (κ3) is 2.80. The number of anilines is 2. The minimum absolute atomic E-state index is 0.458. The maximum atomic E-state index is 5.30. The number of rotatable bonds is 3. The fourth-order valence-corrected chi connectivity index (χ4v) is 2.01. The first-order valence-corrected chi connectivity index (χ1v) is 5.51. The third-order valence-corrected chi connectivity index (χ3v) is 2.79. The Bertz CT molecular complexity index is 342. The van der Waals surface area contributed by atoms with Crippen LogP contribution in [-0.4, -0.2) is 41.0 Å². The van der Waals surface area contributed by atoms with Crippen molar-refractivity contribution in [3.05, 3.63) is 12.4 Å². The van der Waals surface area contributed by atoms with E-state index in [9.17, 15) is 0 Å². The molecule has 1 atom stereocenters. The van der Waals surface area contributed by atoms with E-state index in [0.717, 1.165) is 12.4 Å². The van der Waals surface area contributed by atoms with E-state index >= 15 is 0 Å². The van der Waals surface area contributed by atoms with Crippen LogP contribution in [0.25, 0.3) is 0 Å². The highest BCUT2D eigenvalue weighted by Gasteiger charge is 2.17. The summed E-state index contributed by atoms with van der Waals surface area (Å²) < 4.78 is 0. The van der Waals surface area contributed by atoms with Crippen molar-refractivity contribution in [1.29, 1.82) is 0 Å². The molecule has 0 aromatic carbocycles. The largest absolute Gasteiger partial charge is 0.366 e. The number of nitrogens with one attached hydrogen (secondary N) is 2. The molecule has 1 aromatic rings. The standard InChI is InChI=1S/C10H18N6/c1-16-4-2-3-8(6-16)14-9-5-10(15-11)13-7-12-9/h5,7-8H,2-4,6,11H2,1H3,(H2,12,13,14,15). The van der Waals surface area contributed by atoms with Crippen molar-refractivity contribution in [3.8, 4) is 0 Å². The van der Waals surface area contributed by atoms with Gasteiger partial charge < -0.3 is 15.6 Å². The molecule has 0 radical (unpaired) electrons. The summed E-state index contributed by atoms with van der Waals surface area (Å²) in [5, 5.41) is 3.40. The summed E-state index contributed by atoms with van der Waals surface area (Å²) >= 11 is 0. The average Bonchev–Trinajstić information content (AvgIpc) is 2.29. The number of likely N-dealkylation sites (N-methyl/N-ethyl adjacent to an activating group) is 1. The van der Waals surface area contributed by atoms with E-state index in [0.29, 0.717) is 11.9 Å². The predicted octanol–water partition coefficient (Wildman–Crippen LogP) is 0.268. The lowest BCUT2D eigenvalue weighted by atomic mass is 10.1. The fourth-order valence-electron chi connectivity index (χ4n) is 2.01. The van der Waals surface area contributed by atoms with Gasteiger partial charge in [-0.2, -0.15) is 0 Å². The Morgan fingerprint density at radius 3 is 3.00 bits per heavy atom. The Morgan fingerprint density at radius 1 is 1.44 bits per heavy atom. The van der Waals surface area contributed by atoms with Crippen LogP contribution in [0.15, 0.2) is 12.4 Å². The van der Waals surface area contributed by atoms with Crippen molar-refractivity contribution >= 4 is 11.6 Å². The smallest absolute Gasteiger partial charge is 0.145 e. The maximum Gasteiger partial charge on any atom is 0.145 e. The van der Waals surface area contributed by atoms with Gasteiger partial charge in [0.1, 0.15) is 18.0 Å². The molecule has 1 saturated heterocycles. The van der Waals surface area contributed by atoms with Crippen LogP contribution in [0.4, 0.5) is 11.6 Å². The van der Waals surface area contributed by atoms with E-state index in [1.165, 1.54) is 25.7 Å². The Balaban J connectivity index is 1.97. The summed E-state index contributed by atoms with van der Waals surface area (Å²) in [7, 11) is 2.14. The molecule has 0 bridgehead atoms. The molecule has 4 N–H and O–H groups in total. The highest BCUT2D eigenvalue weighted by Crippen LogP contribution is 2.14. The number of likely N-dealkylation sites (tertiary alicyclic amines) is 1. The minimum atomic E-state index is 0.458. The molecule has 0 aliphatic carbocycles. The zero-order chi connectivity index (χ0) is 11.4. The predicted molar refractivity (Wildman–Crippen MR) is 64.0 cm³/mol. The van der Waals surface area contributed by atoms with Gasteiger partial charge >= 0.3 is 0 Å². The monoisotopic (exact) mass is 222 g/mol. The van der Waals surface area contributed by atoms with Crippen LogP contribution < -0.4 is 16.6 Å². The van der Waals surface area contributed by atoms with E-state index in [1.807, 2.05) is 6.07 Å². The van der Waals surface area contributed by atoms with E-state index < -0.39 is 0 Å². The quantitative estimate of drug-likeness (QED) is 0.503. The van der Waals surface area contributed by atoms with Crippen LogP contribution >= 0.6 is 0 Å². The third-order valence-electron chi connectivity index (χ3n) is 2.79. The Kier molecular flexibility index (Phi) is 3.53. The molecule has 1 aliphatic heterocycles. The van der Waals surface area contributed by atoms with Crippen molar-refractivity contribution in [3.63, 3.8) is 0 Å². The molecule has 1 aromatic heterocycles. The highest BCUT2D eigenvalue weighted by atomic mass is 15.3. The SMILES string of the molecule is CN1CCCC(Nc2cc(NN)ncn2)C1. The first kappa shape index (κ1) is 11.1. The van der Waals surface area contributed by atoms with E-state index in [1.54, 1.807) is 0 Å². The van der Waals surface area contributed by atoms with Crippen molar-refractivity contribution in [1.82, 2.24) is 14.9 Å². The molecule has 0 amide bonds. The van der Waals surface area contributed by atoms with Gasteiger partial charge in [-0.15, -0.1) is 0 Å². The fraction of sp³-hybridized carbons (Fsp3) is 0.600. The maximum absolute atomic E-state index is 5.30. The summed E-state index contributed by atoms with van der Waals surface area (Å²) in [6, 6.07) is 2.27. The lowest BCUT2D eigenvalue weighted by Gasteiger charge is -2.30. The molecule has 16 heavy (non-hydrogen) atoms. The lowest BCUT2D eigenvalue weighted by molar-refractivity contribution is 0.261. The molecule has 0 saturated carbocycles. The molecule has 2 heterocycles. The minimum Gasteiger partial charge on any atom is -0.366 e. The first-order chi connectivity index (χ1) is 7.78. The van der Waals surface area contributed by atoms with Crippen molar-refractivity contribution in [2.24, 2.45) is 5.84 Å². The molecule has 0 spiro atoms. The summed E-state index contributed by atoms with van der Waals surface area (Å²) in [6.07, 6.45) is 3.91. The van der Waals surface area contributed by atoms with Crippen LogP contribution in [0.5, 0.6) is 0 Å². The van der Waals surface area contributed by atoms with Crippen LogP contribution in [0, 0.1) is 0 Å². The number of hydrogen-bond acceptors (Lipinski definition) is 6. The van der Waals surface area contributed by atoms with Crippen molar-refractivity contribution < 1.29 is 0 Å². The van der Waals surface area contributed by atoms with Gasteiger partial charge in [0, 0.05) is 18.7 Å². The molecule has 1 unspecified atom stereocenters. The molecule has 2 rings (SSSR count). The molecule has 1 fully saturated rings. The van der Waals surface area contributed by atoms with Gasteiger partial charge in [-0.3, -0.25) is 0 Å². The van der Waals surface area contributed by atoms with Gasteiger partial charge in [0.25, 0.3) is 0 Å². The lowest BCUT2D eigenvalue weighted by Crippen LogP contribution is -2.39. The summed E-state index contributed by atoms with van der Waals surface area (Å²) in [4.78, 5) is 10.5. The summed E-state index contributed by atoms with van der Waals surface area (Å²) in [5.74, 6) is 6.75. The summed E-state index contributed by atoms with van der Waals surface area (Å²) in [5.41, 5.74) is 2.51. The van der Waals surface area contributed by atoms with Crippen LogP contribution in [0.3, 0.4) is 0 Å². The molecule has 6 nitrogen and oxygen atoms in total. The van der Waals surface area contributed by atoms with Crippen LogP contribution in [0.2, 0.25) is 0 Å². The average molecular weight is 222 g/mol. The first-order valence-electron chi connectivity index (χ1n) is 5.51. The van der Waals surface area contributed by atoms with E-state index in [-0.39, 0.29) is 0 Å². The molecule has 88 valence electrons. The zero-order valence-corrected chi connectivity index (χ0v) is 9.48. The van der Waals surface area contributed by atoms with Crippen LogP contribution in [-0.2, 0) is 0 Å². The number of nitrogen functional groups attached to an aromatic ring is 1. The number of nitrogens with two attached hydrogens (primary N) is 1. The number of hydrogen-bond donors (Lipinski definition) is 3. The molecule has 6 heteroatoms. The van der Waals surface area contributed by atoms with Gasteiger partial charge in [-0.05, 0) is 26.4 Å². The zero-order valence-electron chi connectivity index (χ0n) is 9.48. The Morgan fingerprint density at radius 2 is 2.25 bits per heavy atom. The number of nitrogens with zero attached hydrogens (tertiary/aromatic N) is 3. The second-order valence-electron chi connectivity index (χ2n) is 4.18. The van der Waals surface area contributed by atoms with Gasteiger partial charge in [-0.1, -0.05) is 0 Å². The van der Waals surface area contributed by atoms with Crippen molar-refractivity contribution in [2.45, 2.75) is 18.9 Å². The highest BCUT2D eigenvalue weighted by molar-refractivity contribution is 5.46. The van der Waals surface area contributed by atoms with Gasteiger partial charge in [0.15, 0.2) is 0 Å². The molecular weight excluding hydrogens is 204 g/mol. The Hall–Kier alpha value is -1.40. The van der Waals surface area contributed by atoms with Gasteiger partial charge in [0.05, 0.1) is 0 Å². The normalized spacial score (nSPS) is 21.8. The van der Waals surface area contributed by atoms with Gasteiger partial charge in [0.2, 0.25) is 0 Å². The van der Waals surface area contributed by atoms with Crippen molar-refractivity contribution in [2.75, 3.05) is 30.9 Å². The summed E-state index contributed by atoms with van der Waals surface area (Å²) in [6.45, 7) is 2.23. The number of hydrazine groups is 1. The second-order valence-corrected chi connectivity index (χ2v) is 4.18. The van der Waals surface area contributed by atoms with E-state index in [4.69, 9.17) is 5.84 Å². The topological polar surface area (TPSA) is 79.1 Å². The number of aromatic nitrogens is 2. The molecule has 1 aliphatic rings. The molecular formula is C10H18N6. The number of piperidine rings is 1. The van der Waals surface area contributed by atoms with E-state index in [2.05, 4.69) is 32.7 Å². The Labute approximate surface area is 95.2 Å². The van der Waals surface area contributed by atoms with Crippen LogP contribution in [0.1, 0.15) is 12.8 Å². The van der Waals surface area contributed by atoms with Gasteiger partial charge in [-0.25, -0.2) is 15.8 Å². The second kappa shape index (κ2) is 5.09.